The highest BCUT2D eigenvalue weighted by Crippen LogP contribution is 2.26. The first-order valence-electron chi connectivity index (χ1n) is 21.7. The van der Waals surface area contributed by atoms with Crippen LogP contribution in [-0.4, -0.2) is 12.6 Å². The van der Waals surface area contributed by atoms with Crippen LogP contribution >= 0.6 is 0 Å². The zero-order valence-electron chi connectivity index (χ0n) is 33.6. The number of hydrogen-bond acceptors (Lipinski definition) is 3. The lowest BCUT2D eigenvalue weighted by atomic mass is 10.0. The summed E-state index contributed by atoms with van der Waals surface area (Å²) >= 11 is 0. The fourth-order valence-corrected chi connectivity index (χ4v) is 7.10. The van der Waals surface area contributed by atoms with Gasteiger partial charge >= 0.3 is 5.97 Å². The molecule has 0 amide bonds. The van der Waals surface area contributed by atoms with E-state index >= 15 is 0 Å². The van der Waals surface area contributed by atoms with Gasteiger partial charge in [0.05, 0.1) is 11.7 Å². The molecular weight excluding hydrogens is 637 g/mol. The van der Waals surface area contributed by atoms with Crippen molar-refractivity contribution in [3.63, 3.8) is 0 Å². The van der Waals surface area contributed by atoms with E-state index in [2.05, 4.69) is 57.2 Å². The van der Waals surface area contributed by atoms with Crippen LogP contribution in [0, 0.1) is 0 Å². The molecule has 0 fully saturated rings. The molecule has 3 aromatic rings. The number of carbonyl (C=O) groups excluding carboxylic acids is 1. The summed E-state index contributed by atoms with van der Waals surface area (Å²) in [5.74, 6) is 0.241. The Hall–Kier alpha value is -2.91. The van der Waals surface area contributed by atoms with Crippen molar-refractivity contribution in [2.45, 2.75) is 187 Å². The predicted octanol–water partition coefficient (Wildman–Crippen LogP) is 15.6. The Morgan fingerprint density at radius 2 is 0.885 bits per heavy atom. The Balaban J connectivity index is 1.21. The summed E-state index contributed by atoms with van der Waals surface area (Å²) in [5, 5.41) is 0. The van der Waals surface area contributed by atoms with Crippen LogP contribution in [0.5, 0.6) is 5.75 Å². The van der Waals surface area contributed by atoms with Crippen LogP contribution in [0.25, 0.3) is 11.1 Å². The van der Waals surface area contributed by atoms with Gasteiger partial charge in [0, 0.05) is 6.61 Å². The van der Waals surface area contributed by atoms with Crippen LogP contribution in [0.15, 0.2) is 72.8 Å². The summed E-state index contributed by atoms with van der Waals surface area (Å²) in [6.07, 6.45) is 34.0. The molecule has 0 saturated carbocycles. The summed E-state index contributed by atoms with van der Waals surface area (Å²) < 4.78 is 11.9. The van der Waals surface area contributed by atoms with Gasteiger partial charge in [-0.05, 0) is 72.7 Å². The molecule has 0 radical (unpaired) electrons. The van der Waals surface area contributed by atoms with E-state index in [0.717, 1.165) is 30.6 Å². The molecule has 0 aliphatic rings. The van der Waals surface area contributed by atoms with Gasteiger partial charge in [-0.15, -0.1) is 0 Å². The van der Waals surface area contributed by atoms with E-state index in [-0.39, 0.29) is 12.1 Å². The molecule has 0 heterocycles. The monoisotopic (exact) mass is 711 g/mol. The predicted molar refractivity (Wildman–Crippen MR) is 224 cm³/mol. The van der Waals surface area contributed by atoms with Crippen molar-refractivity contribution in [1.29, 1.82) is 0 Å². The minimum absolute atomic E-state index is 0.0891. The summed E-state index contributed by atoms with van der Waals surface area (Å²) in [5.41, 5.74) is 5.30. The SMILES string of the molecule is CCCCCCCCCCCCCCCCCCCCOC(C)c1ccc(-c2ccc(OC(=O)c3ccc(CCCCCCCC)cc3)cc2)cc1. The largest absolute Gasteiger partial charge is 0.423 e. The number of benzene rings is 3. The van der Waals surface area contributed by atoms with Crippen LogP contribution in [0.3, 0.4) is 0 Å². The van der Waals surface area contributed by atoms with Crippen LogP contribution < -0.4 is 4.74 Å². The van der Waals surface area contributed by atoms with Crippen molar-refractivity contribution in [3.8, 4) is 16.9 Å². The molecule has 0 N–H and O–H groups in total. The molecule has 1 atom stereocenters. The van der Waals surface area contributed by atoms with Gasteiger partial charge in [-0.2, -0.15) is 0 Å². The van der Waals surface area contributed by atoms with E-state index in [1.54, 1.807) is 0 Å². The first-order valence-corrected chi connectivity index (χ1v) is 21.7. The minimum atomic E-state index is -0.317. The Kier molecular flexibility index (Phi) is 23.9. The molecule has 3 rings (SSSR count). The lowest BCUT2D eigenvalue weighted by molar-refractivity contribution is 0.0627. The molecule has 52 heavy (non-hydrogen) atoms. The molecule has 0 aromatic heterocycles. The molecule has 3 nitrogen and oxygen atoms in total. The second-order valence-corrected chi connectivity index (χ2v) is 15.3. The first-order chi connectivity index (χ1) is 25.6. The zero-order valence-corrected chi connectivity index (χ0v) is 33.6. The van der Waals surface area contributed by atoms with E-state index in [1.165, 1.54) is 159 Å². The Bertz CT molecular complexity index is 1280. The van der Waals surface area contributed by atoms with Crippen LogP contribution in [0.1, 0.15) is 202 Å². The highest BCUT2D eigenvalue weighted by atomic mass is 16.5. The second kappa shape index (κ2) is 28.6. The molecule has 3 aromatic carbocycles. The first kappa shape index (κ1) is 43.5. The Labute approximate surface area is 319 Å². The van der Waals surface area contributed by atoms with Crippen molar-refractivity contribution in [3.05, 3.63) is 89.5 Å². The van der Waals surface area contributed by atoms with E-state index < -0.39 is 0 Å². The Morgan fingerprint density at radius 1 is 0.481 bits per heavy atom. The quantitative estimate of drug-likeness (QED) is 0.0379. The van der Waals surface area contributed by atoms with Crippen molar-refractivity contribution >= 4 is 5.97 Å². The maximum Gasteiger partial charge on any atom is 0.343 e. The second-order valence-electron chi connectivity index (χ2n) is 15.3. The van der Waals surface area contributed by atoms with Crippen molar-refractivity contribution in [2.75, 3.05) is 6.61 Å². The molecule has 288 valence electrons. The maximum atomic E-state index is 12.8. The third kappa shape index (κ3) is 19.2. The minimum Gasteiger partial charge on any atom is -0.423 e. The van der Waals surface area contributed by atoms with Crippen LogP contribution in [-0.2, 0) is 11.2 Å². The third-order valence-corrected chi connectivity index (χ3v) is 10.7. The highest BCUT2D eigenvalue weighted by Gasteiger charge is 2.10. The van der Waals surface area contributed by atoms with Crippen LogP contribution in [0.2, 0.25) is 0 Å². The number of ether oxygens (including phenoxy) is 2. The van der Waals surface area contributed by atoms with E-state index in [1.807, 2.05) is 36.4 Å². The fraction of sp³-hybridized carbons (Fsp3) is 0.612. The van der Waals surface area contributed by atoms with Crippen molar-refractivity contribution < 1.29 is 14.3 Å². The highest BCUT2D eigenvalue weighted by molar-refractivity contribution is 5.91. The standard InChI is InChI=1S/C49H74O3/c1-4-6-8-10-12-13-14-15-16-17-18-19-20-21-22-23-25-27-41-51-42(3)44-33-35-45(36-34-44)46-37-39-48(40-38-46)52-49(50)47-31-29-43(30-32-47)28-26-24-11-9-7-5-2/h29-40,42H,4-28,41H2,1-3H3. The van der Waals surface area contributed by atoms with Gasteiger partial charge in [0.15, 0.2) is 0 Å². The number of aryl methyl sites for hydroxylation is 1. The molecular formula is C49H74O3. The maximum absolute atomic E-state index is 12.8. The lowest BCUT2D eigenvalue weighted by Gasteiger charge is -2.14. The molecule has 0 bridgehead atoms. The van der Waals surface area contributed by atoms with Crippen molar-refractivity contribution in [2.24, 2.45) is 0 Å². The van der Waals surface area contributed by atoms with Gasteiger partial charge in [-0.1, -0.05) is 204 Å². The molecule has 0 aliphatic heterocycles. The lowest BCUT2D eigenvalue weighted by Crippen LogP contribution is -2.08. The summed E-state index contributed by atoms with van der Waals surface area (Å²) in [7, 11) is 0. The number of unbranched alkanes of at least 4 members (excludes halogenated alkanes) is 22. The van der Waals surface area contributed by atoms with E-state index in [9.17, 15) is 4.79 Å². The molecule has 0 saturated heterocycles. The van der Waals surface area contributed by atoms with Gasteiger partial charge in [-0.25, -0.2) is 4.79 Å². The number of esters is 1. The normalized spacial score (nSPS) is 11.9. The van der Waals surface area contributed by atoms with Gasteiger partial charge in [0.2, 0.25) is 0 Å². The van der Waals surface area contributed by atoms with Crippen molar-refractivity contribution in [1.82, 2.24) is 0 Å². The third-order valence-electron chi connectivity index (χ3n) is 10.7. The molecule has 0 spiro atoms. The average Bonchev–Trinajstić information content (AvgIpc) is 3.17. The summed E-state index contributed by atoms with van der Waals surface area (Å²) in [6.45, 7) is 7.52. The fourth-order valence-electron chi connectivity index (χ4n) is 7.10. The zero-order chi connectivity index (χ0) is 36.9. The molecule has 0 aliphatic carbocycles. The summed E-state index contributed by atoms with van der Waals surface area (Å²) in [6, 6.07) is 24.3. The molecule has 1 unspecified atom stereocenters. The average molecular weight is 711 g/mol. The summed E-state index contributed by atoms with van der Waals surface area (Å²) in [4.78, 5) is 12.8. The van der Waals surface area contributed by atoms with Gasteiger partial charge in [-0.3, -0.25) is 0 Å². The van der Waals surface area contributed by atoms with E-state index in [0.29, 0.717) is 11.3 Å². The van der Waals surface area contributed by atoms with Gasteiger partial charge < -0.3 is 9.47 Å². The number of rotatable bonds is 31. The van der Waals surface area contributed by atoms with Crippen LogP contribution in [0.4, 0.5) is 0 Å². The molecule has 3 heteroatoms. The van der Waals surface area contributed by atoms with E-state index in [4.69, 9.17) is 9.47 Å². The smallest absolute Gasteiger partial charge is 0.343 e. The van der Waals surface area contributed by atoms with Gasteiger partial charge in [0.25, 0.3) is 0 Å². The topological polar surface area (TPSA) is 35.5 Å². The Morgan fingerprint density at radius 3 is 1.35 bits per heavy atom. The number of carbonyl (C=O) groups is 1. The van der Waals surface area contributed by atoms with Gasteiger partial charge in [0.1, 0.15) is 5.75 Å². The number of hydrogen-bond donors (Lipinski definition) is 0.